The quantitative estimate of drug-likeness (QED) is 0.815. The molecule has 4 heteroatoms. The lowest BCUT2D eigenvalue weighted by Crippen LogP contribution is -2.12. The van der Waals surface area contributed by atoms with Gasteiger partial charge in [-0.15, -0.1) is 0 Å². The Morgan fingerprint density at radius 3 is 2.67 bits per heavy atom. The smallest absolute Gasteiger partial charge is 0.249 e. The number of hydrogen-bond donors (Lipinski definition) is 1. The van der Waals surface area contributed by atoms with E-state index in [0.717, 1.165) is 4.47 Å². The van der Waals surface area contributed by atoms with Crippen molar-refractivity contribution in [1.82, 2.24) is 0 Å². The Bertz CT molecular complexity index is 338. The van der Waals surface area contributed by atoms with Crippen molar-refractivity contribution < 1.29 is 4.79 Å². The summed E-state index contributed by atoms with van der Waals surface area (Å²) in [7, 11) is 0. The molecular formula is C8H7BrClNO. The molecule has 0 aliphatic rings. The van der Waals surface area contributed by atoms with Gasteiger partial charge >= 0.3 is 0 Å². The molecule has 64 valence electrons. The van der Waals surface area contributed by atoms with E-state index in [-0.39, 0.29) is 0 Å². The van der Waals surface area contributed by atoms with E-state index < -0.39 is 5.91 Å². The first-order chi connectivity index (χ1) is 5.54. The molecule has 1 rings (SSSR count). The number of amides is 1. The first-order valence-electron chi connectivity index (χ1n) is 3.28. The van der Waals surface area contributed by atoms with Gasteiger partial charge in [-0.2, -0.15) is 0 Å². The van der Waals surface area contributed by atoms with Crippen molar-refractivity contribution in [2.24, 2.45) is 5.73 Å². The van der Waals surface area contributed by atoms with Crippen LogP contribution in [-0.2, 0) is 0 Å². The molecule has 0 unspecified atom stereocenters. The first kappa shape index (κ1) is 9.55. The molecule has 1 amide bonds. The lowest BCUT2D eigenvalue weighted by Gasteiger charge is -2.04. The molecule has 0 saturated heterocycles. The minimum atomic E-state index is -0.457. The van der Waals surface area contributed by atoms with Crippen molar-refractivity contribution in [3.8, 4) is 0 Å². The maximum Gasteiger partial charge on any atom is 0.249 e. The van der Waals surface area contributed by atoms with Gasteiger partial charge < -0.3 is 5.73 Å². The van der Waals surface area contributed by atoms with Gasteiger partial charge in [0.15, 0.2) is 0 Å². The second kappa shape index (κ2) is 3.46. The van der Waals surface area contributed by atoms with E-state index in [4.69, 9.17) is 17.3 Å². The summed E-state index contributed by atoms with van der Waals surface area (Å²) in [4.78, 5) is 10.8. The van der Waals surface area contributed by atoms with Gasteiger partial charge in [-0.3, -0.25) is 4.79 Å². The van der Waals surface area contributed by atoms with E-state index in [2.05, 4.69) is 15.9 Å². The van der Waals surface area contributed by atoms with Crippen LogP contribution in [0.4, 0.5) is 0 Å². The molecule has 2 N–H and O–H groups in total. The predicted molar refractivity (Wildman–Crippen MR) is 52.4 cm³/mol. The molecule has 0 fully saturated rings. The third-order valence-electron chi connectivity index (χ3n) is 1.60. The summed E-state index contributed by atoms with van der Waals surface area (Å²) in [5.74, 6) is -0.457. The first-order valence-corrected chi connectivity index (χ1v) is 4.45. The van der Waals surface area contributed by atoms with Gasteiger partial charge in [0.1, 0.15) is 0 Å². The maximum absolute atomic E-state index is 10.8. The third-order valence-corrected chi connectivity index (χ3v) is 2.98. The van der Waals surface area contributed by atoms with Crippen LogP contribution in [0.2, 0.25) is 5.02 Å². The van der Waals surface area contributed by atoms with Crippen LogP contribution in [0.1, 0.15) is 15.9 Å². The molecule has 12 heavy (non-hydrogen) atoms. The van der Waals surface area contributed by atoms with Gasteiger partial charge in [-0.05, 0) is 40.5 Å². The molecule has 0 aromatic heterocycles. The Labute approximate surface area is 83.8 Å². The number of primary amides is 1. The Morgan fingerprint density at radius 2 is 2.17 bits per heavy atom. The van der Waals surface area contributed by atoms with E-state index in [1.165, 1.54) is 0 Å². The molecule has 1 aromatic rings. The van der Waals surface area contributed by atoms with Gasteiger partial charge in [-0.1, -0.05) is 11.6 Å². The van der Waals surface area contributed by atoms with Gasteiger partial charge in [0, 0.05) is 10.0 Å². The van der Waals surface area contributed by atoms with Crippen LogP contribution >= 0.6 is 27.5 Å². The topological polar surface area (TPSA) is 43.1 Å². The standard InChI is InChI=1S/C8H7BrClNO/c1-4-5(8(11)12)2-3-6(9)7(4)10/h2-3H,1H3,(H2,11,12). The highest BCUT2D eigenvalue weighted by Crippen LogP contribution is 2.27. The second-order valence-electron chi connectivity index (χ2n) is 2.40. The molecule has 0 saturated carbocycles. The van der Waals surface area contributed by atoms with Gasteiger partial charge in [0.2, 0.25) is 5.91 Å². The Balaban J connectivity index is 3.36. The summed E-state index contributed by atoms with van der Waals surface area (Å²) in [5, 5.41) is 0.534. The van der Waals surface area contributed by atoms with Crippen LogP contribution in [0, 0.1) is 6.92 Å². The average molecular weight is 249 g/mol. The van der Waals surface area contributed by atoms with Crippen LogP contribution in [0.25, 0.3) is 0 Å². The minimum absolute atomic E-state index is 0.457. The lowest BCUT2D eigenvalue weighted by atomic mass is 10.1. The number of halogens is 2. The third kappa shape index (κ3) is 1.62. The number of rotatable bonds is 1. The van der Waals surface area contributed by atoms with Crippen molar-refractivity contribution in [2.75, 3.05) is 0 Å². The molecule has 0 aliphatic heterocycles. The van der Waals surface area contributed by atoms with E-state index in [1.807, 2.05) is 0 Å². The lowest BCUT2D eigenvalue weighted by molar-refractivity contribution is 0.0999. The zero-order chi connectivity index (χ0) is 9.30. The zero-order valence-electron chi connectivity index (χ0n) is 6.40. The molecule has 2 nitrogen and oxygen atoms in total. The summed E-state index contributed by atoms with van der Waals surface area (Å²) in [6.45, 7) is 1.76. The number of carbonyl (C=O) groups excluding carboxylic acids is 1. The molecule has 1 aromatic carbocycles. The van der Waals surface area contributed by atoms with Crippen LogP contribution in [0.5, 0.6) is 0 Å². The molecule has 0 atom stereocenters. The maximum atomic E-state index is 10.8. The Morgan fingerprint density at radius 1 is 1.58 bits per heavy atom. The zero-order valence-corrected chi connectivity index (χ0v) is 8.74. The number of carbonyl (C=O) groups is 1. The number of nitrogens with two attached hydrogens (primary N) is 1. The summed E-state index contributed by atoms with van der Waals surface area (Å²) in [5.41, 5.74) is 6.29. The van der Waals surface area contributed by atoms with E-state index in [0.29, 0.717) is 16.1 Å². The summed E-state index contributed by atoms with van der Waals surface area (Å²) in [6.07, 6.45) is 0. The molecule has 0 bridgehead atoms. The Kier molecular flexibility index (Phi) is 2.75. The molecule has 0 radical (unpaired) electrons. The molecule has 0 aliphatic carbocycles. The molecule has 0 heterocycles. The fourth-order valence-corrected chi connectivity index (χ4v) is 1.51. The highest BCUT2D eigenvalue weighted by molar-refractivity contribution is 9.10. The number of hydrogen-bond acceptors (Lipinski definition) is 1. The fourth-order valence-electron chi connectivity index (χ4n) is 0.919. The van der Waals surface area contributed by atoms with E-state index in [1.54, 1.807) is 19.1 Å². The predicted octanol–water partition coefficient (Wildman–Crippen LogP) is 2.51. The van der Waals surface area contributed by atoms with Crippen molar-refractivity contribution in [1.29, 1.82) is 0 Å². The van der Waals surface area contributed by atoms with Gasteiger partial charge in [0.25, 0.3) is 0 Å². The van der Waals surface area contributed by atoms with Gasteiger partial charge in [-0.25, -0.2) is 0 Å². The van der Waals surface area contributed by atoms with E-state index in [9.17, 15) is 4.79 Å². The van der Waals surface area contributed by atoms with Crippen molar-refractivity contribution in [3.05, 3.63) is 32.8 Å². The van der Waals surface area contributed by atoms with Crippen molar-refractivity contribution in [2.45, 2.75) is 6.92 Å². The minimum Gasteiger partial charge on any atom is -0.366 e. The van der Waals surface area contributed by atoms with Crippen molar-refractivity contribution >= 4 is 33.4 Å². The SMILES string of the molecule is Cc1c(C(N)=O)ccc(Br)c1Cl. The van der Waals surface area contributed by atoms with E-state index >= 15 is 0 Å². The summed E-state index contributed by atoms with van der Waals surface area (Å²) >= 11 is 9.12. The normalized spacial score (nSPS) is 9.92. The van der Waals surface area contributed by atoms with Crippen LogP contribution in [0.15, 0.2) is 16.6 Å². The highest BCUT2D eigenvalue weighted by atomic mass is 79.9. The van der Waals surface area contributed by atoms with Crippen molar-refractivity contribution in [3.63, 3.8) is 0 Å². The fraction of sp³-hybridized carbons (Fsp3) is 0.125. The second-order valence-corrected chi connectivity index (χ2v) is 3.63. The largest absolute Gasteiger partial charge is 0.366 e. The van der Waals surface area contributed by atoms with Gasteiger partial charge in [0.05, 0.1) is 5.02 Å². The van der Waals surface area contributed by atoms with Crippen LogP contribution in [-0.4, -0.2) is 5.91 Å². The Hall–Kier alpha value is -0.540. The molecule has 0 spiro atoms. The average Bonchev–Trinajstić information content (AvgIpc) is 2.00. The number of benzene rings is 1. The molecular weight excluding hydrogens is 241 g/mol. The van der Waals surface area contributed by atoms with Crippen LogP contribution < -0.4 is 5.73 Å². The summed E-state index contributed by atoms with van der Waals surface area (Å²) in [6, 6.07) is 3.35. The van der Waals surface area contributed by atoms with Crippen LogP contribution in [0.3, 0.4) is 0 Å². The highest BCUT2D eigenvalue weighted by Gasteiger charge is 2.09. The monoisotopic (exact) mass is 247 g/mol. The summed E-state index contributed by atoms with van der Waals surface area (Å²) < 4.78 is 0.770.